The van der Waals surface area contributed by atoms with Crippen molar-refractivity contribution >= 4 is 11.3 Å². The number of aliphatic hydroxyl groups is 1. The van der Waals surface area contributed by atoms with Crippen molar-refractivity contribution in [2.45, 2.75) is 18.4 Å². The molecule has 2 N–H and O–H groups in total. The van der Waals surface area contributed by atoms with Crippen LogP contribution in [0.5, 0.6) is 0 Å². The molecule has 0 spiro atoms. The summed E-state index contributed by atoms with van der Waals surface area (Å²) in [5.74, 6) is 1.35. The number of hydrogen-bond donors (Lipinski definition) is 2. The second-order valence-electron chi connectivity index (χ2n) is 6.74. The van der Waals surface area contributed by atoms with Crippen LogP contribution in [0.3, 0.4) is 0 Å². The van der Waals surface area contributed by atoms with Crippen molar-refractivity contribution in [1.82, 2.24) is 14.7 Å². The predicted octanol–water partition coefficient (Wildman–Crippen LogP) is 3.30. The standard InChI is InChI=1S/C20H19F3N4O/c1-2-17(28)24-15-11-26(12-15)19-16-5-3-4-10-27(16)18(25-19)13-6-8-14(9-7-13)20(21,22)23/h2-10,15,17,24,28H,1,11-12H2. The monoisotopic (exact) mass is 388 g/mol. The SMILES string of the molecule is C=CC(O)NC1CN(c2nc(-c3ccc(C(F)(F)F)cc3)n3ccccc23)C1. The number of rotatable bonds is 5. The number of benzene rings is 1. The number of nitrogens with zero attached hydrogens (tertiary/aromatic N) is 3. The van der Waals surface area contributed by atoms with Crippen molar-refractivity contribution in [1.29, 1.82) is 0 Å². The lowest BCUT2D eigenvalue weighted by Gasteiger charge is -2.40. The first-order valence-electron chi connectivity index (χ1n) is 8.83. The number of aromatic nitrogens is 2. The first-order chi connectivity index (χ1) is 13.4. The van der Waals surface area contributed by atoms with Crippen LogP contribution in [0.4, 0.5) is 19.0 Å². The Kier molecular flexibility index (Phi) is 4.60. The van der Waals surface area contributed by atoms with E-state index in [0.717, 1.165) is 23.5 Å². The van der Waals surface area contributed by atoms with Crippen molar-refractivity contribution < 1.29 is 18.3 Å². The number of aliphatic hydroxyl groups excluding tert-OH is 1. The maximum absolute atomic E-state index is 12.8. The molecule has 1 aromatic carbocycles. The van der Waals surface area contributed by atoms with E-state index in [1.54, 1.807) is 0 Å². The number of anilines is 1. The normalized spacial score (nSPS) is 16.2. The lowest BCUT2D eigenvalue weighted by molar-refractivity contribution is -0.137. The van der Waals surface area contributed by atoms with Crippen LogP contribution in [0.15, 0.2) is 61.3 Å². The summed E-state index contributed by atoms with van der Waals surface area (Å²) in [6.07, 6.45) is -1.85. The van der Waals surface area contributed by atoms with Gasteiger partial charge in [0.05, 0.1) is 11.1 Å². The summed E-state index contributed by atoms with van der Waals surface area (Å²) in [4.78, 5) is 6.77. The summed E-state index contributed by atoms with van der Waals surface area (Å²) >= 11 is 0. The zero-order valence-corrected chi connectivity index (χ0v) is 14.9. The van der Waals surface area contributed by atoms with E-state index < -0.39 is 18.0 Å². The second-order valence-corrected chi connectivity index (χ2v) is 6.74. The number of alkyl halides is 3. The highest BCUT2D eigenvalue weighted by Crippen LogP contribution is 2.33. The van der Waals surface area contributed by atoms with Crippen LogP contribution in [0.2, 0.25) is 0 Å². The molecule has 0 amide bonds. The largest absolute Gasteiger partial charge is 0.416 e. The highest BCUT2D eigenvalue weighted by molar-refractivity contribution is 5.77. The smallest absolute Gasteiger partial charge is 0.375 e. The van der Waals surface area contributed by atoms with Crippen molar-refractivity contribution in [3.63, 3.8) is 0 Å². The number of nitrogens with one attached hydrogen (secondary N) is 1. The first-order valence-corrected chi connectivity index (χ1v) is 8.83. The molecule has 1 aliphatic heterocycles. The molecule has 1 fully saturated rings. The van der Waals surface area contributed by atoms with Gasteiger partial charge in [-0.15, -0.1) is 0 Å². The third-order valence-electron chi connectivity index (χ3n) is 4.81. The van der Waals surface area contributed by atoms with E-state index in [1.165, 1.54) is 18.2 Å². The third-order valence-corrected chi connectivity index (χ3v) is 4.81. The van der Waals surface area contributed by atoms with Gasteiger partial charge >= 0.3 is 6.18 Å². The highest BCUT2D eigenvalue weighted by atomic mass is 19.4. The predicted molar refractivity (Wildman–Crippen MR) is 101 cm³/mol. The molecule has 0 aliphatic carbocycles. The van der Waals surface area contributed by atoms with Gasteiger partial charge in [0.15, 0.2) is 5.82 Å². The van der Waals surface area contributed by atoms with Gasteiger partial charge in [-0.05, 0) is 30.3 Å². The Hall–Kier alpha value is -2.84. The fourth-order valence-electron chi connectivity index (χ4n) is 3.33. The minimum Gasteiger partial charge on any atom is -0.375 e. The molecule has 3 aromatic rings. The van der Waals surface area contributed by atoms with Crippen molar-refractivity contribution in [2.24, 2.45) is 0 Å². The molecule has 2 aromatic heterocycles. The average Bonchev–Trinajstić information content (AvgIpc) is 3.03. The van der Waals surface area contributed by atoms with E-state index in [-0.39, 0.29) is 6.04 Å². The molecule has 0 saturated carbocycles. The van der Waals surface area contributed by atoms with Gasteiger partial charge in [0.2, 0.25) is 0 Å². The fourth-order valence-corrected chi connectivity index (χ4v) is 3.33. The lowest BCUT2D eigenvalue weighted by Crippen LogP contribution is -2.60. The molecule has 146 valence electrons. The molecular weight excluding hydrogens is 369 g/mol. The third kappa shape index (κ3) is 3.36. The lowest BCUT2D eigenvalue weighted by atomic mass is 10.1. The van der Waals surface area contributed by atoms with Crippen molar-refractivity contribution in [3.05, 3.63) is 66.9 Å². The summed E-state index contributed by atoms with van der Waals surface area (Å²) < 4.78 is 40.4. The zero-order chi connectivity index (χ0) is 19.9. The Bertz CT molecular complexity index is 991. The van der Waals surface area contributed by atoms with E-state index in [4.69, 9.17) is 4.98 Å². The van der Waals surface area contributed by atoms with E-state index in [2.05, 4.69) is 16.8 Å². The topological polar surface area (TPSA) is 52.8 Å². The molecule has 1 aliphatic rings. The van der Waals surface area contributed by atoms with Crippen LogP contribution in [-0.2, 0) is 6.18 Å². The Labute approximate surface area is 159 Å². The van der Waals surface area contributed by atoms with Gasteiger partial charge in [-0.1, -0.05) is 24.8 Å². The Balaban J connectivity index is 1.64. The molecule has 1 atom stereocenters. The molecule has 5 nitrogen and oxygen atoms in total. The quantitative estimate of drug-likeness (QED) is 0.520. The van der Waals surface area contributed by atoms with Gasteiger partial charge in [0.25, 0.3) is 0 Å². The van der Waals surface area contributed by atoms with Crippen LogP contribution >= 0.6 is 0 Å². The minimum atomic E-state index is -4.37. The van der Waals surface area contributed by atoms with Gasteiger partial charge in [0.1, 0.15) is 12.1 Å². The van der Waals surface area contributed by atoms with Crippen LogP contribution in [0.1, 0.15) is 5.56 Å². The number of pyridine rings is 1. The molecule has 0 bridgehead atoms. The Morgan fingerprint density at radius 2 is 1.89 bits per heavy atom. The molecule has 28 heavy (non-hydrogen) atoms. The number of imidazole rings is 1. The van der Waals surface area contributed by atoms with Gasteiger partial charge in [-0.25, -0.2) is 4.98 Å². The number of hydrogen-bond acceptors (Lipinski definition) is 4. The molecule has 3 heterocycles. The minimum absolute atomic E-state index is 0.114. The summed E-state index contributed by atoms with van der Waals surface area (Å²) in [5, 5.41) is 12.6. The number of fused-ring (bicyclic) bond motifs is 1. The molecule has 4 rings (SSSR count). The van der Waals surface area contributed by atoms with E-state index >= 15 is 0 Å². The average molecular weight is 388 g/mol. The van der Waals surface area contributed by atoms with Crippen molar-refractivity contribution in [2.75, 3.05) is 18.0 Å². The zero-order valence-electron chi connectivity index (χ0n) is 14.9. The van der Waals surface area contributed by atoms with Gasteiger partial charge in [-0.3, -0.25) is 9.72 Å². The van der Waals surface area contributed by atoms with Crippen LogP contribution in [-0.4, -0.2) is 39.9 Å². The summed E-state index contributed by atoms with van der Waals surface area (Å²) in [6.45, 7) is 4.87. The fraction of sp³-hybridized carbons (Fsp3) is 0.250. The van der Waals surface area contributed by atoms with Crippen LogP contribution < -0.4 is 10.2 Å². The second kappa shape index (κ2) is 6.96. The van der Waals surface area contributed by atoms with Gasteiger partial charge < -0.3 is 10.0 Å². The first kappa shape index (κ1) is 18.5. The van der Waals surface area contributed by atoms with Crippen molar-refractivity contribution in [3.8, 4) is 11.4 Å². The van der Waals surface area contributed by atoms with Crippen LogP contribution in [0.25, 0.3) is 16.9 Å². The summed E-state index contributed by atoms with van der Waals surface area (Å²) in [6, 6.07) is 10.8. The highest BCUT2D eigenvalue weighted by Gasteiger charge is 2.32. The van der Waals surface area contributed by atoms with Gasteiger partial charge in [0, 0.05) is 30.9 Å². The molecule has 1 unspecified atom stereocenters. The van der Waals surface area contributed by atoms with E-state index in [0.29, 0.717) is 24.5 Å². The summed E-state index contributed by atoms with van der Waals surface area (Å²) in [5.41, 5.74) is 0.799. The van der Waals surface area contributed by atoms with Gasteiger partial charge in [-0.2, -0.15) is 13.2 Å². The summed E-state index contributed by atoms with van der Waals surface area (Å²) in [7, 11) is 0. The number of halogens is 3. The molecule has 0 radical (unpaired) electrons. The van der Waals surface area contributed by atoms with E-state index in [9.17, 15) is 18.3 Å². The maximum atomic E-state index is 12.8. The molecular formula is C20H19F3N4O. The molecule has 1 saturated heterocycles. The maximum Gasteiger partial charge on any atom is 0.416 e. The Morgan fingerprint density at radius 3 is 2.54 bits per heavy atom. The Morgan fingerprint density at radius 1 is 1.18 bits per heavy atom. The molecule has 8 heteroatoms. The van der Waals surface area contributed by atoms with E-state index in [1.807, 2.05) is 28.8 Å². The van der Waals surface area contributed by atoms with Crippen LogP contribution in [0, 0.1) is 0 Å².